The SMILES string of the molecule is Nc1nc2ccc(C(=O)N3CCc4ccc(C(=O)Nc5cccc(CCO)c5)cc4C3)cc2s1. The highest BCUT2D eigenvalue weighted by molar-refractivity contribution is 7.22. The number of carbonyl (C=O) groups is 2. The monoisotopic (exact) mass is 472 g/mol. The van der Waals surface area contributed by atoms with Crippen LogP contribution in [0.3, 0.4) is 0 Å². The molecule has 0 radical (unpaired) electrons. The molecule has 1 aliphatic heterocycles. The lowest BCUT2D eigenvalue weighted by Crippen LogP contribution is -2.36. The highest BCUT2D eigenvalue weighted by Gasteiger charge is 2.23. The van der Waals surface area contributed by atoms with Gasteiger partial charge in [-0.15, -0.1) is 0 Å². The van der Waals surface area contributed by atoms with Crippen molar-refractivity contribution < 1.29 is 14.7 Å². The zero-order chi connectivity index (χ0) is 23.7. The van der Waals surface area contributed by atoms with Gasteiger partial charge in [-0.3, -0.25) is 9.59 Å². The molecular weight excluding hydrogens is 448 g/mol. The van der Waals surface area contributed by atoms with Crippen molar-refractivity contribution in [2.24, 2.45) is 0 Å². The second kappa shape index (κ2) is 9.24. The van der Waals surface area contributed by atoms with Crippen LogP contribution < -0.4 is 11.1 Å². The number of hydrogen-bond acceptors (Lipinski definition) is 6. The first-order valence-electron chi connectivity index (χ1n) is 11.1. The number of aliphatic hydroxyl groups excluding tert-OH is 1. The molecule has 1 aromatic heterocycles. The van der Waals surface area contributed by atoms with Crippen LogP contribution in [0.2, 0.25) is 0 Å². The Morgan fingerprint density at radius 3 is 2.76 bits per heavy atom. The van der Waals surface area contributed by atoms with Gasteiger partial charge in [-0.05, 0) is 72.0 Å². The Morgan fingerprint density at radius 1 is 1.06 bits per heavy atom. The van der Waals surface area contributed by atoms with Gasteiger partial charge in [-0.25, -0.2) is 4.98 Å². The minimum atomic E-state index is -0.208. The molecule has 8 heteroatoms. The van der Waals surface area contributed by atoms with Gasteiger partial charge in [-0.1, -0.05) is 29.5 Å². The number of nitrogens with zero attached hydrogens (tertiary/aromatic N) is 2. The molecule has 7 nitrogen and oxygen atoms in total. The average molecular weight is 473 g/mol. The summed E-state index contributed by atoms with van der Waals surface area (Å²) >= 11 is 1.37. The first-order valence-corrected chi connectivity index (χ1v) is 11.9. The average Bonchev–Trinajstić information content (AvgIpc) is 3.22. The van der Waals surface area contributed by atoms with E-state index in [-0.39, 0.29) is 18.4 Å². The smallest absolute Gasteiger partial charge is 0.255 e. The minimum absolute atomic E-state index is 0.0462. The van der Waals surface area contributed by atoms with E-state index >= 15 is 0 Å². The fourth-order valence-corrected chi connectivity index (χ4v) is 5.04. The van der Waals surface area contributed by atoms with E-state index in [2.05, 4.69) is 10.3 Å². The lowest BCUT2D eigenvalue weighted by Gasteiger charge is -2.29. The van der Waals surface area contributed by atoms with Crippen LogP contribution in [0.5, 0.6) is 0 Å². The van der Waals surface area contributed by atoms with E-state index in [1.54, 1.807) is 6.07 Å². The molecule has 4 aromatic rings. The number of fused-ring (bicyclic) bond motifs is 2. The molecule has 0 bridgehead atoms. The van der Waals surface area contributed by atoms with Crippen LogP contribution in [0, 0.1) is 0 Å². The maximum absolute atomic E-state index is 13.2. The molecule has 1 aliphatic rings. The molecule has 2 amide bonds. The third-order valence-corrected chi connectivity index (χ3v) is 6.85. The van der Waals surface area contributed by atoms with Crippen LogP contribution in [0.25, 0.3) is 10.2 Å². The van der Waals surface area contributed by atoms with Gasteiger partial charge < -0.3 is 21.1 Å². The molecule has 34 heavy (non-hydrogen) atoms. The summed E-state index contributed by atoms with van der Waals surface area (Å²) in [5.41, 5.74) is 11.5. The van der Waals surface area contributed by atoms with Crippen LogP contribution >= 0.6 is 11.3 Å². The molecule has 0 saturated heterocycles. The fourth-order valence-electron chi connectivity index (χ4n) is 4.27. The highest BCUT2D eigenvalue weighted by atomic mass is 32.1. The van der Waals surface area contributed by atoms with E-state index in [1.165, 1.54) is 11.3 Å². The highest BCUT2D eigenvalue weighted by Crippen LogP contribution is 2.27. The Hall–Kier alpha value is -3.75. The number of nitrogen functional groups attached to an aromatic ring is 1. The van der Waals surface area contributed by atoms with E-state index in [9.17, 15) is 9.59 Å². The van der Waals surface area contributed by atoms with Gasteiger partial charge in [0.15, 0.2) is 5.13 Å². The summed E-state index contributed by atoms with van der Waals surface area (Å²) in [7, 11) is 0. The van der Waals surface area contributed by atoms with E-state index in [0.717, 1.165) is 33.3 Å². The van der Waals surface area contributed by atoms with Gasteiger partial charge >= 0.3 is 0 Å². The number of amides is 2. The Balaban J connectivity index is 1.32. The number of benzene rings is 3. The van der Waals surface area contributed by atoms with Crippen LogP contribution in [-0.4, -0.2) is 40.0 Å². The summed E-state index contributed by atoms with van der Waals surface area (Å²) in [6.07, 6.45) is 1.28. The number of nitrogens with one attached hydrogen (secondary N) is 1. The zero-order valence-corrected chi connectivity index (χ0v) is 19.3. The Bertz CT molecular complexity index is 1400. The van der Waals surface area contributed by atoms with Crippen LogP contribution in [0.4, 0.5) is 10.8 Å². The van der Waals surface area contributed by atoms with Crippen molar-refractivity contribution in [1.82, 2.24) is 9.88 Å². The minimum Gasteiger partial charge on any atom is -0.396 e. The maximum atomic E-state index is 13.2. The van der Waals surface area contributed by atoms with Crippen molar-refractivity contribution in [3.05, 3.63) is 88.5 Å². The number of aliphatic hydroxyl groups is 1. The molecule has 0 spiro atoms. The van der Waals surface area contributed by atoms with Crippen molar-refractivity contribution in [3.63, 3.8) is 0 Å². The van der Waals surface area contributed by atoms with Crippen LogP contribution in [0.15, 0.2) is 60.7 Å². The van der Waals surface area contributed by atoms with E-state index in [1.807, 2.05) is 59.5 Å². The topological polar surface area (TPSA) is 109 Å². The van der Waals surface area contributed by atoms with Crippen molar-refractivity contribution in [1.29, 1.82) is 0 Å². The van der Waals surface area contributed by atoms with E-state index in [4.69, 9.17) is 10.8 Å². The number of hydrogen-bond donors (Lipinski definition) is 3. The number of carbonyl (C=O) groups excluding carboxylic acids is 2. The summed E-state index contributed by atoms with van der Waals surface area (Å²) in [5.74, 6) is -0.254. The summed E-state index contributed by atoms with van der Waals surface area (Å²) in [6.45, 7) is 1.13. The summed E-state index contributed by atoms with van der Waals surface area (Å²) < 4.78 is 0.891. The normalized spacial score (nSPS) is 13.0. The first kappa shape index (κ1) is 22.1. The predicted molar refractivity (Wildman–Crippen MR) is 134 cm³/mol. The third-order valence-electron chi connectivity index (χ3n) is 6.01. The summed E-state index contributed by atoms with van der Waals surface area (Å²) in [4.78, 5) is 32.1. The Morgan fingerprint density at radius 2 is 1.91 bits per heavy atom. The van der Waals surface area contributed by atoms with Gasteiger partial charge in [0.25, 0.3) is 11.8 Å². The Labute approximate surface area is 200 Å². The lowest BCUT2D eigenvalue weighted by molar-refractivity contribution is 0.0735. The van der Waals surface area contributed by atoms with Gasteiger partial charge in [0.05, 0.1) is 10.2 Å². The molecular formula is C26H24N4O3S. The largest absolute Gasteiger partial charge is 0.396 e. The van der Waals surface area contributed by atoms with Gasteiger partial charge in [0.1, 0.15) is 0 Å². The van der Waals surface area contributed by atoms with E-state index < -0.39 is 0 Å². The third kappa shape index (κ3) is 4.50. The number of thiazole rings is 1. The van der Waals surface area contributed by atoms with Crippen molar-refractivity contribution in [3.8, 4) is 0 Å². The second-order valence-electron chi connectivity index (χ2n) is 8.32. The molecule has 4 N–H and O–H groups in total. The molecule has 0 unspecified atom stereocenters. The molecule has 0 atom stereocenters. The summed E-state index contributed by atoms with van der Waals surface area (Å²) in [5, 5.41) is 12.6. The van der Waals surface area contributed by atoms with Crippen molar-refractivity contribution >= 4 is 44.2 Å². The molecule has 0 saturated carbocycles. The molecule has 0 fully saturated rings. The number of aromatic nitrogens is 1. The molecule has 0 aliphatic carbocycles. The van der Waals surface area contributed by atoms with Crippen molar-refractivity contribution in [2.45, 2.75) is 19.4 Å². The molecule has 5 rings (SSSR count). The standard InChI is InChI=1S/C26H24N4O3S/c27-26-29-22-7-6-19(14-23(22)34-26)25(33)30-10-8-17-4-5-18(13-20(17)15-30)24(32)28-21-3-1-2-16(12-21)9-11-31/h1-7,12-14,31H,8-11,15H2,(H2,27,29)(H,28,32). The fraction of sp³-hybridized carbons (Fsp3) is 0.192. The molecule has 2 heterocycles. The zero-order valence-electron chi connectivity index (χ0n) is 18.5. The summed E-state index contributed by atoms with van der Waals surface area (Å²) in [6, 6.07) is 18.6. The number of nitrogens with two attached hydrogens (primary N) is 1. The van der Waals surface area contributed by atoms with Gasteiger partial charge in [-0.2, -0.15) is 0 Å². The van der Waals surface area contributed by atoms with Gasteiger partial charge in [0.2, 0.25) is 0 Å². The Kier molecular flexibility index (Phi) is 6.00. The van der Waals surface area contributed by atoms with Crippen LogP contribution in [-0.2, 0) is 19.4 Å². The first-order chi connectivity index (χ1) is 16.5. The lowest BCUT2D eigenvalue weighted by atomic mass is 9.96. The maximum Gasteiger partial charge on any atom is 0.255 e. The predicted octanol–water partition coefficient (Wildman–Crippen LogP) is 3.86. The quantitative estimate of drug-likeness (QED) is 0.409. The number of anilines is 2. The van der Waals surface area contributed by atoms with E-state index in [0.29, 0.717) is 41.5 Å². The van der Waals surface area contributed by atoms with Crippen molar-refractivity contribution in [2.75, 3.05) is 24.2 Å². The van der Waals surface area contributed by atoms with Gasteiger partial charge in [0, 0.05) is 36.5 Å². The molecule has 172 valence electrons. The van der Waals surface area contributed by atoms with Crippen LogP contribution in [0.1, 0.15) is 37.4 Å². The second-order valence-corrected chi connectivity index (χ2v) is 9.39. The number of rotatable bonds is 5. The molecule has 3 aromatic carbocycles.